The molecule has 0 fully saturated rings. The van der Waals surface area contributed by atoms with E-state index in [1.165, 1.54) is 36.4 Å². The summed E-state index contributed by atoms with van der Waals surface area (Å²) in [6, 6.07) is 11.6. The predicted octanol–water partition coefficient (Wildman–Crippen LogP) is 2.64. The van der Waals surface area contributed by atoms with Gasteiger partial charge in [-0.1, -0.05) is 17.7 Å². The number of aryl methyl sites for hydroxylation is 1. The summed E-state index contributed by atoms with van der Waals surface area (Å²) < 4.78 is 30.1. The van der Waals surface area contributed by atoms with Crippen molar-refractivity contribution in [2.24, 2.45) is 0 Å². The molecule has 1 N–H and O–H groups in total. The number of aromatic hydroxyl groups is 1. The van der Waals surface area contributed by atoms with E-state index in [0.717, 1.165) is 5.56 Å². The van der Waals surface area contributed by atoms with Crippen LogP contribution in [0.5, 0.6) is 5.75 Å². The fraction of sp³-hybridized carbons (Fsp3) is 0.0625. The van der Waals surface area contributed by atoms with Crippen LogP contribution in [0.1, 0.15) is 5.56 Å². The lowest BCUT2D eigenvalue weighted by molar-refractivity contribution is 0.472. The molecule has 1 heterocycles. The van der Waals surface area contributed by atoms with Gasteiger partial charge in [-0.2, -0.15) is 0 Å². The van der Waals surface area contributed by atoms with E-state index < -0.39 is 20.4 Å². The molecule has 0 saturated carbocycles. The van der Waals surface area contributed by atoms with Crippen LogP contribution < -0.4 is 5.63 Å². The van der Waals surface area contributed by atoms with Crippen molar-refractivity contribution in [2.75, 3.05) is 0 Å². The molecule has 0 unspecified atom stereocenters. The van der Waals surface area contributed by atoms with Crippen LogP contribution in [0.4, 0.5) is 0 Å². The van der Waals surface area contributed by atoms with Crippen molar-refractivity contribution >= 4 is 20.8 Å². The molecule has 0 spiro atoms. The minimum absolute atomic E-state index is 0.0310. The Morgan fingerprint density at radius 2 is 1.68 bits per heavy atom. The summed E-state index contributed by atoms with van der Waals surface area (Å²) in [6.45, 7) is 1.84. The summed E-state index contributed by atoms with van der Waals surface area (Å²) >= 11 is 0. The van der Waals surface area contributed by atoms with Crippen molar-refractivity contribution < 1.29 is 17.9 Å². The standard InChI is InChI=1S/C16H12O5S/c1-10-2-6-13(7-3-10)22(19,20)15-8-11-4-5-12(17)9-14(11)21-16(15)18/h2-9,17H,1H3. The summed E-state index contributed by atoms with van der Waals surface area (Å²) in [7, 11) is -3.96. The highest BCUT2D eigenvalue weighted by atomic mass is 32.2. The molecule has 3 aromatic rings. The summed E-state index contributed by atoms with van der Waals surface area (Å²) in [4.78, 5) is 11.6. The van der Waals surface area contributed by atoms with Crippen LogP contribution in [0.25, 0.3) is 11.0 Å². The molecule has 2 aromatic carbocycles. The first-order valence-electron chi connectivity index (χ1n) is 6.46. The van der Waals surface area contributed by atoms with Gasteiger partial charge in [-0.05, 0) is 37.3 Å². The highest BCUT2D eigenvalue weighted by Crippen LogP contribution is 2.24. The van der Waals surface area contributed by atoms with E-state index in [1.807, 2.05) is 6.92 Å². The lowest BCUT2D eigenvalue weighted by atomic mass is 10.2. The van der Waals surface area contributed by atoms with Crippen LogP contribution in [0.3, 0.4) is 0 Å². The van der Waals surface area contributed by atoms with Crippen molar-refractivity contribution in [3.8, 4) is 5.75 Å². The Labute approximate surface area is 126 Å². The minimum Gasteiger partial charge on any atom is -0.508 e. The molecular weight excluding hydrogens is 304 g/mol. The maximum atomic E-state index is 12.6. The largest absolute Gasteiger partial charge is 0.508 e. The van der Waals surface area contributed by atoms with E-state index in [9.17, 15) is 18.3 Å². The molecule has 0 aliphatic heterocycles. The Hall–Kier alpha value is -2.60. The molecule has 0 atom stereocenters. The van der Waals surface area contributed by atoms with Gasteiger partial charge in [0, 0.05) is 11.5 Å². The first-order valence-corrected chi connectivity index (χ1v) is 7.95. The van der Waals surface area contributed by atoms with Gasteiger partial charge in [-0.3, -0.25) is 0 Å². The quantitative estimate of drug-likeness (QED) is 0.735. The third kappa shape index (κ3) is 2.37. The third-order valence-corrected chi connectivity index (χ3v) is 5.06. The zero-order valence-electron chi connectivity index (χ0n) is 11.6. The number of phenolic OH excluding ortho intramolecular Hbond substituents is 1. The minimum atomic E-state index is -3.96. The van der Waals surface area contributed by atoms with Crippen LogP contribution in [-0.2, 0) is 9.84 Å². The first kappa shape index (κ1) is 14.3. The second kappa shape index (κ2) is 4.99. The normalized spacial score (nSPS) is 11.7. The van der Waals surface area contributed by atoms with E-state index in [2.05, 4.69) is 0 Å². The highest BCUT2D eigenvalue weighted by Gasteiger charge is 2.23. The van der Waals surface area contributed by atoms with Gasteiger partial charge in [0.1, 0.15) is 11.3 Å². The maximum absolute atomic E-state index is 12.6. The number of benzene rings is 2. The number of hydrogen-bond donors (Lipinski definition) is 1. The van der Waals surface area contributed by atoms with Crippen molar-refractivity contribution in [1.29, 1.82) is 0 Å². The van der Waals surface area contributed by atoms with Gasteiger partial charge >= 0.3 is 5.63 Å². The van der Waals surface area contributed by atoms with Crippen molar-refractivity contribution in [3.05, 3.63) is 64.5 Å². The van der Waals surface area contributed by atoms with Crippen molar-refractivity contribution in [3.63, 3.8) is 0 Å². The van der Waals surface area contributed by atoms with Gasteiger partial charge in [0.2, 0.25) is 9.84 Å². The summed E-state index contributed by atoms with van der Waals surface area (Å²) in [5, 5.41) is 9.79. The second-order valence-electron chi connectivity index (χ2n) is 4.94. The maximum Gasteiger partial charge on any atom is 0.355 e. The first-order chi connectivity index (χ1) is 10.4. The van der Waals surface area contributed by atoms with Gasteiger partial charge in [0.15, 0.2) is 4.90 Å². The Balaban J connectivity index is 2.25. The van der Waals surface area contributed by atoms with Crippen LogP contribution in [0.2, 0.25) is 0 Å². The number of rotatable bonds is 2. The van der Waals surface area contributed by atoms with E-state index in [0.29, 0.717) is 5.39 Å². The lowest BCUT2D eigenvalue weighted by Crippen LogP contribution is -2.14. The summed E-state index contributed by atoms with van der Waals surface area (Å²) in [5.41, 5.74) is 0.0894. The molecule has 0 bridgehead atoms. The fourth-order valence-corrected chi connectivity index (χ4v) is 3.40. The van der Waals surface area contributed by atoms with E-state index >= 15 is 0 Å². The smallest absolute Gasteiger partial charge is 0.355 e. The van der Waals surface area contributed by atoms with Gasteiger partial charge in [-0.15, -0.1) is 0 Å². The zero-order chi connectivity index (χ0) is 15.9. The molecule has 3 rings (SSSR count). The average molecular weight is 316 g/mol. The molecule has 112 valence electrons. The van der Waals surface area contributed by atoms with Gasteiger partial charge in [0.05, 0.1) is 4.90 Å². The van der Waals surface area contributed by atoms with Crippen LogP contribution in [-0.4, -0.2) is 13.5 Å². The van der Waals surface area contributed by atoms with E-state index in [-0.39, 0.29) is 16.2 Å². The average Bonchev–Trinajstić information content (AvgIpc) is 2.46. The molecule has 6 heteroatoms. The summed E-state index contributed by atoms with van der Waals surface area (Å²) in [6.07, 6.45) is 0. The highest BCUT2D eigenvalue weighted by molar-refractivity contribution is 7.91. The van der Waals surface area contributed by atoms with Crippen molar-refractivity contribution in [1.82, 2.24) is 0 Å². The Morgan fingerprint density at radius 3 is 2.36 bits per heavy atom. The summed E-state index contributed by atoms with van der Waals surface area (Å²) in [5.74, 6) is -0.0650. The van der Waals surface area contributed by atoms with Crippen LogP contribution in [0, 0.1) is 6.92 Å². The molecule has 0 saturated heterocycles. The number of hydrogen-bond acceptors (Lipinski definition) is 5. The molecule has 0 aliphatic rings. The van der Waals surface area contributed by atoms with Gasteiger partial charge in [0.25, 0.3) is 0 Å². The van der Waals surface area contributed by atoms with Gasteiger partial charge < -0.3 is 9.52 Å². The van der Waals surface area contributed by atoms with Crippen molar-refractivity contribution in [2.45, 2.75) is 16.7 Å². The Kier molecular flexibility index (Phi) is 3.26. The molecule has 0 radical (unpaired) electrons. The van der Waals surface area contributed by atoms with E-state index in [1.54, 1.807) is 12.1 Å². The molecule has 1 aromatic heterocycles. The third-order valence-electron chi connectivity index (χ3n) is 3.31. The molecule has 0 amide bonds. The predicted molar refractivity (Wildman–Crippen MR) is 80.8 cm³/mol. The number of phenols is 1. The van der Waals surface area contributed by atoms with Gasteiger partial charge in [-0.25, -0.2) is 13.2 Å². The monoisotopic (exact) mass is 316 g/mol. The van der Waals surface area contributed by atoms with Crippen LogP contribution >= 0.6 is 0 Å². The zero-order valence-corrected chi connectivity index (χ0v) is 12.4. The van der Waals surface area contributed by atoms with Crippen LogP contribution in [0.15, 0.2) is 67.5 Å². The number of fused-ring (bicyclic) bond motifs is 1. The van der Waals surface area contributed by atoms with E-state index in [4.69, 9.17) is 4.42 Å². The Morgan fingerprint density at radius 1 is 1.00 bits per heavy atom. The number of sulfone groups is 1. The molecular formula is C16H12O5S. The fourth-order valence-electron chi connectivity index (χ4n) is 2.11. The molecule has 5 nitrogen and oxygen atoms in total. The molecule has 0 aliphatic carbocycles. The Bertz CT molecular complexity index is 1010. The lowest BCUT2D eigenvalue weighted by Gasteiger charge is -2.05. The SMILES string of the molecule is Cc1ccc(S(=O)(=O)c2cc3ccc(O)cc3oc2=O)cc1. The molecule has 22 heavy (non-hydrogen) atoms. The topological polar surface area (TPSA) is 84.6 Å². The second-order valence-corrected chi connectivity index (χ2v) is 6.85.